The Bertz CT molecular complexity index is 836. The maximum Gasteiger partial charge on any atom is 0.326 e. The highest BCUT2D eigenvalue weighted by molar-refractivity contribution is 5.99. The fourth-order valence-electron chi connectivity index (χ4n) is 3.19. The molecule has 0 aliphatic carbocycles. The number of carbonyl (C=O) groups is 4. The number of nitrogens with one attached hydrogen (secondary N) is 3. The molecule has 0 bridgehead atoms. The van der Waals surface area contributed by atoms with Crippen molar-refractivity contribution in [3.63, 3.8) is 0 Å². The zero-order chi connectivity index (χ0) is 25.3. The molecular formula is C24H38N4O5. The van der Waals surface area contributed by atoms with Gasteiger partial charge >= 0.3 is 5.97 Å². The molecular weight excluding hydrogens is 424 g/mol. The SMILES string of the molecule is CC[C@H](C)[C@H](NC(=O)c1ccc(CN)cc1)C(=O)NC(C)(C)C(=O)N[C@@H](CC(C)C)C(=O)O. The molecule has 0 aliphatic rings. The minimum atomic E-state index is -1.39. The van der Waals surface area contributed by atoms with Crippen molar-refractivity contribution in [2.75, 3.05) is 0 Å². The molecule has 1 rings (SSSR count). The van der Waals surface area contributed by atoms with Gasteiger partial charge in [0.15, 0.2) is 0 Å². The highest BCUT2D eigenvalue weighted by atomic mass is 16.4. The first kappa shape index (κ1) is 28.1. The second kappa shape index (κ2) is 12.3. The smallest absolute Gasteiger partial charge is 0.326 e. The van der Waals surface area contributed by atoms with Crippen LogP contribution < -0.4 is 21.7 Å². The van der Waals surface area contributed by atoms with E-state index in [0.29, 0.717) is 18.5 Å². The zero-order valence-electron chi connectivity index (χ0n) is 20.4. The zero-order valence-corrected chi connectivity index (χ0v) is 20.4. The summed E-state index contributed by atoms with van der Waals surface area (Å²) < 4.78 is 0. The summed E-state index contributed by atoms with van der Waals surface area (Å²) in [6, 6.07) is 4.83. The molecule has 0 heterocycles. The van der Waals surface area contributed by atoms with E-state index in [4.69, 9.17) is 5.73 Å². The van der Waals surface area contributed by atoms with E-state index in [1.54, 1.807) is 24.3 Å². The standard InChI is InChI=1S/C24H38N4O5/c1-7-15(4)19(27-20(29)17-10-8-16(13-25)9-11-17)21(30)28-24(5,6)23(33)26-18(22(31)32)12-14(2)3/h8-11,14-15,18-19H,7,12-13,25H2,1-6H3,(H,26,33)(H,27,29)(H,28,30)(H,31,32)/t15-,18-,19-/m0/s1. The number of rotatable bonds is 12. The Morgan fingerprint density at radius 2 is 1.61 bits per heavy atom. The van der Waals surface area contributed by atoms with Crippen molar-refractivity contribution in [1.82, 2.24) is 16.0 Å². The fourth-order valence-corrected chi connectivity index (χ4v) is 3.19. The predicted molar refractivity (Wildman–Crippen MR) is 126 cm³/mol. The Hall–Kier alpha value is -2.94. The van der Waals surface area contributed by atoms with Gasteiger partial charge in [-0.25, -0.2) is 4.79 Å². The lowest BCUT2D eigenvalue weighted by molar-refractivity contribution is -0.143. The molecule has 0 aromatic heterocycles. The van der Waals surface area contributed by atoms with Crippen molar-refractivity contribution in [2.45, 2.75) is 78.6 Å². The summed E-state index contributed by atoms with van der Waals surface area (Å²) in [6.07, 6.45) is 0.881. The molecule has 33 heavy (non-hydrogen) atoms. The van der Waals surface area contributed by atoms with Crippen LogP contribution in [0, 0.1) is 11.8 Å². The van der Waals surface area contributed by atoms with Crippen molar-refractivity contribution >= 4 is 23.7 Å². The van der Waals surface area contributed by atoms with Crippen LogP contribution >= 0.6 is 0 Å². The maximum atomic E-state index is 13.1. The summed E-state index contributed by atoms with van der Waals surface area (Å²) in [6.45, 7) is 10.8. The van der Waals surface area contributed by atoms with E-state index in [2.05, 4.69) is 16.0 Å². The molecule has 9 heteroatoms. The van der Waals surface area contributed by atoms with Crippen LogP contribution in [-0.2, 0) is 20.9 Å². The van der Waals surface area contributed by atoms with E-state index in [1.165, 1.54) is 13.8 Å². The third-order valence-electron chi connectivity index (χ3n) is 5.55. The average molecular weight is 463 g/mol. The first-order valence-corrected chi connectivity index (χ1v) is 11.3. The van der Waals surface area contributed by atoms with Gasteiger partial charge in [0.25, 0.3) is 5.91 Å². The molecule has 6 N–H and O–H groups in total. The Labute approximate surface area is 195 Å². The number of aliphatic carboxylic acids is 1. The molecule has 0 saturated carbocycles. The molecule has 1 aromatic carbocycles. The van der Waals surface area contributed by atoms with E-state index in [0.717, 1.165) is 5.56 Å². The fraction of sp³-hybridized carbons (Fsp3) is 0.583. The van der Waals surface area contributed by atoms with Crippen molar-refractivity contribution in [1.29, 1.82) is 0 Å². The summed E-state index contributed by atoms with van der Waals surface area (Å²) in [4.78, 5) is 50.1. The van der Waals surface area contributed by atoms with Gasteiger partial charge in [0.1, 0.15) is 17.6 Å². The van der Waals surface area contributed by atoms with Gasteiger partial charge in [-0.2, -0.15) is 0 Å². The van der Waals surface area contributed by atoms with Crippen molar-refractivity contribution in [2.24, 2.45) is 17.6 Å². The van der Waals surface area contributed by atoms with E-state index < -0.39 is 41.3 Å². The summed E-state index contributed by atoms with van der Waals surface area (Å²) in [5.74, 6) is -2.83. The largest absolute Gasteiger partial charge is 0.480 e. The number of benzene rings is 1. The number of carboxylic acids is 1. The van der Waals surface area contributed by atoms with Gasteiger partial charge in [-0.1, -0.05) is 46.2 Å². The molecule has 0 radical (unpaired) electrons. The maximum absolute atomic E-state index is 13.1. The number of carboxylic acid groups (broad SMARTS) is 1. The lowest BCUT2D eigenvalue weighted by Crippen LogP contribution is -2.62. The van der Waals surface area contributed by atoms with Gasteiger partial charge in [-0.3, -0.25) is 14.4 Å². The minimum Gasteiger partial charge on any atom is -0.480 e. The highest BCUT2D eigenvalue weighted by Crippen LogP contribution is 2.14. The first-order valence-electron chi connectivity index (χ1n) is 11.3. The third kappa shape index (κ3) is 8.49. The van der Waals surface area contributed by atoms with Crippen LogP contribution in [0.1, 0.15) is 70.3 Å². The van der Waals surface area contributed by atoms with Crippen LogP contribution in [0.2, 0.25) is 0 Å². The molecule has 1 aromatic rings. The number of nitrogens with two attached hydrogens (primary N) is 1. The van der Waals surface area contributed by atoms with Crippen LogP contribution in [-0.4, -0.2) is 46.4 Å². The third-order valence-corrected chi connectivity index (χ3v) is 5.55. The van der Waals surface area contributed by atoms with Gasteiger partial charge in [-0.05, 0) is 49.8 Å². The van der Waals surface area contributed by atoms with E-state index in [9.17, 15) is 24.3 Å². The van der Waals surface area contributed by atoms with Gasteiger partial charge in [-0.15, -0.1) is 0 Å². The highest BCUT2D eigenvalue weighted by Gasteiger charge is 2.36. The Balaban J connectivity index is 2.96. The van der Waals surface area contributed by atoms with E-state index >= 15 is 0 Å². The number of hydrogen-bond donors (Lipinski definition) is 5. The average Bonchev–Trinajstić information content (AvgIpc) is 2.75. The normalized spacial score (nSPS) is 14.2. The molecule has 0 aliphatic heterocycles. The Morgan fingerprint density at radius 1 is 1.03 bits per heavy atom. The molecule has 3 atom stereocenters. The van der Waals surface area contributed by atoms with E-state index in [1.807, 2.05) is 27.7 Å². The van der Waals surface area contributed by atoms with Crippen molar-refractivity contribution < 1.29 is 24.3 Å². The van der Waals surface area contributed by atoms with Gasteiger partial charge in [0, 0.05) is 12.1 Å². The van der Waals surface area contributed by atoms with E-state index in [-0.39, 0.29) is 18.3 Å². The van der Waals surface area contributed by atoms with Crippen LogP contribution in [0.4, 0.5) is 0 Å². The number of hydrogen-bond acceptors (Lipinski definition) is 5. The topological polar surface area (TPSA) is 151 Å². The quantitative estimate of drug-likeness (QED) is 0.320. The predicted octanol–water partition coefficient (Wildman–Crippen LogP) is 1.80. The van der Waals surface area contributed by atoms with Gasteiger partial charge in [0.2, 0.25) is 11.8 Å². The second-order valence-corrected chi connectivity index (χ2v) is 9.35. The second-order valence-electron chi connectivity index (χ2n) is 9.35. The molecule has 0 fully saturated rings. The summed E-state index contributed by atoms with van der Waals surface area (Å²) in [7, 11) is 0. The molecule has 3 amide bonds. The van der Waals surface area contributed by atoms with Crippen molar-refractivity contribution in [3.05, 3.63) is 35.4 Å². The Morgan fingerprint density at radius 3 is 2.06 bits per heavy atom. The summed E-state index contributed by atoms with van der Waals surface area (Å²) >= 11 is 0. The van der Waals surface area contributed by atoms with Crippen LogP contribution in [0.15, 0.2) is 24.3 Å². The minimum absolute atomic E-state index is 0.0630. The molecule has 0 spiro atoms. The first-order chi connectivity index (χ1) is 15.3. The monoisotopic (exact) mass is 462 g/mol. The van der Waals surface area contributed by atoms with Crippen molar-refractivity contribution in [3.8, 4) is 0 Å². The summed E-state index contributed by atoms with van der Waals surface area (Å²) in [5.41, 5.74) is 5.47. The lowest BCUT2D eigenvalue weighted by Gasteiger charge is -2.31. The molecule has 9 nitrogen and oxygen atoms in total. The van der Waals surface area contributed by atoms with Gasteiger partial charge in [0.05, 0.1) is 0 Å². The number of carbonyl (C=O) groups excluding carboxylic acids is 3. The Kier molecular flexibility index (Phi) is 10.5. The number of amides is 3. The molecule has 0 saturated heterocycles. The molecule has 0 unspecified atom stereocenters. The lowest BCUT2D eigenvalue weighted by atomic mass is 9.95. The van der Waals surface area contributed by atoms with Crippen LogP contribution in [0.5, 0.6) is 0 Å². The van der Waals surface area contributed by atoms with Gasteiger partial charge < -0.3 is 26.8 Å². The van der Waals surface area contributed by atoms with Crippen LogP contribution in [0.3, 0.4) is 0 Å². The van der Waals surface area contributed by atoms with Crippen LogP contribution in [0.25, 0.3) is 0 Å². The summed E-state index contributed by atoms with van der Waals surface area (Å²) in [5, 5.41) is 17.3. The molecule has 184 valence electrons.